The number of phenolic OH excluding ortho intramolecular Hbond substituents is 2. The van der Waals surface area contributed by atoms with E-state index in [4.69, 9.17) is 0 Å². The Bertz CT molecular complexity index is 706. The van der Waals surface area contributed by atoms with Gasteiger partial charge in [-0.05, 0) is 35.4 Å². The maximum atomic E-state index is 11.6. The first-order valence-corrected chi connectivity index (χ1v) is 8.17. The standard InChI is InChI=1S/C15H17O6P/c1-9(10-2-4-11(16)5-3-10)15(18)13-7-6-12(17)8-14(13)22(19,20)21/h2-9,15-18H,1H3,(H2,19,20,21). The highest BCUT2D eigenvalue weighted by Crippen LogP contribution is 2.40. The summed E-state index contributed by atoms with van der Waals surface area (Å²) in [5.74, 6) is -0.659. The molecular formula is C15H17O6P. The van der Waals surface area contributed by atoms with Crippen LogP contribution in [0.1, 0.15) is 30.1 Å². The molecule has 0 bridgehead atoms. The molecule has 2 aromatic carbocycles. The number of rotatable bonds is 4. The van der Waals surface area contributed by atoms with Crippen molar-refractivity contribution in [2.45, 2.75) is 18.9 Å². The van der Waals surface area contributed by atoms with Crippen LogP contribution in [-0.4, -0.2) is 25.1 Å². The SMILES string of the molecule is CC(c1ccc(O)cc1)C(O)c1ccc(O)cc1P(=O)(O)O. The van der Waals surface area contributed by atoms with Crippen molar-refractivity contribution in [3.63, 3.8) is 0 Å². The predicted molar refractivity (Wildman–Crippen MR) is 81.3 cm³/mol. The van der Waals surface area contributed by atoms with E-state index in [0.29, 0.717) is 5.56 Å². The smallest absolute Gasteiger partial charge is 0.356 e. The Balaban J connectivity index is 2.43. The second kappa shape index (κ2) is 6.10. The van der Waals surface area contributed by atoms with Gasteiger partial charge in [-0.25, -0.2) is 0 Å². The molecular weight excluding hydrogens is 307 g/mol. The average molecular weight is 324 g/mol. The van der Waals surface area contributed by atoms with Gasteiger partial charge in [-0.15, -0.1) is 0 Å². The van der Waals surface area contributed by atoms with Crippen molar-refractivity contribution in [3.8, 4) is 11.5 Å². The fourth-order valence-electron chi connectivity index (χ4n) is 2.26. The van der Waals surface area contributed by atoms with E-state index >= 15 is 0 Å². The lowest BCUT2D eigenvalue weighted by Crippen LogP contribution is -2.18. The number of hydrogen-bond donors (Lipinski definition) is 5. The Labute approximate surface area is 127 Å². The highest BCUT2D eigenvalue weighted by Gasteiger charge is 2.28. The van der Waals surface area contributed by atoms with Crippen molar-refractivity contribution < 1.29 is 29.7 Å². The molecule has 7 heteroatoms. The van der Waals surface area contributed by atoms with E-state index in [0.717, 1.165) is 6.07 Å². The first-order chi connectivity index (χ1) is 10.2. The van der Waals surface area contributed by atoms with Crippen LogP contribution in [0.3, 0.4) is 0 Å². The summed E-state index contributed by atoms with van der Waals surface area (Å²) >= 11 is 0. The molecule has 0 aromatic heterocycles. The third kappa shape index (κ3) is 3.48. The van der Waals surface area contributed by atoms with Gasteiger partial charge in [-0.1, -0.05) is 25.1 Å². The van der Waals surface area contributed by atoms with Gasteiger partial charge >= 0.3 is 7.60 Å². The van der Waals surface area contributed by atoms with Crippen molar-refractivity contribution in [1.82, 2.24) is 0 Å². The summed E-state index contributed by atoms with van der Waals surface area (Å²) in [6, 6.07) is 9.72. The van der Waals surface area contributed by atoms with Gasteiger partial charge in [-0.3, -0.25) is 4.57 Å². The molecule has 22 heavy (non-hydrogen) atoms. The van der Waals surface area contributed by atoms with Crippen LogP contribution in [0.15, 0.2) is 42.5 Å². The maximum absolute atomic E-state index is 11.6. The molecule has 2 aromatic rings. The van der Waals surface area contributed by atoms with Crippen molar-refractivity contribution >= 4 is 12.9 Å². The average Bonchev–Trinajstić information content (AvgIpc) is 2.45. The van der Waals surface area contributed by atoms with E-state index in [1.165, 1.54) is 24.3 Å². The summed E-state index contributed by atoms with van der Waals surface area (Å²) < 4.78 is 11.6. The largest absolute Gasteiger partial charge is 0.508 e. The summed E-state index contributed by atoms with van der Waals surface area (Å²) in [6.45, 7) is 1.70. The summed E-state index contributed by atoms with van der Waals surface area (Å²) in [7, 11) is -4.64. The minimum absolute atomic E-state index is 0.0618. The predicted octanol–water partition coefficient (Wildman–Crippen LogP) is 1.74. The van der Waals surface area contributed by atoms with E-state index in [-0.39, 0.29) is 17.1 Å². The maximum Gasteiger partial charge on any atom is 0.356 e. The number of benzene rings is 2. The zero-order valence-corrected chi connectivity index (χ0v) is 12.7. The van der Waals surface area contributed by atoms with Gasteiger partial charge in [0, 0.05) is 5.92 Å². The monoisotopic (exact) mass is 324 g/mol. The van der Waals surface area contributed by atoms with E-state index in [1.807, 2.05) is 0 Å². The fourth-order valence-corrected chi connectivity index (χ4v) is 3.11. The Hall–Kier alpha value is -1.85. The highest BCUT2D eigenvalue weighted by molar-refractivity contribution is 7.60. The molecule has 0 aliphatic rings. The molecule has 6 nitrogen and oxygen atoms in total. The zero-order valence-electron chi connectivity index (χ0n) is 11.8. The van der Waals surface area contributed by atoms with Crippen LogP contribution < -0.4 is 5.30 Å². The van der Waals surface area contributed by atoms with E-state index < -0.39 is 24.9 Å². The first-order valence-electron chi connectivity index (χ1n) is 6.56. The van der Waals surface area contributed by atoms with Crippen LogP contribution in [-0.2, 0) is 4.57 Å². The van der Waals surface area contributed by atoms with Crippen LogP contribution in [0.25, 0.3) is 0 Å². The summed E-state index contributed by atoms with van der Waals surface area (Å²) in [5, 5.41) is 28.8. The van der Waals surface area contributed by atoms with Crippen molar-refractivity contribution in [3.05, 3.63) is 53.6 Å². The number of phenols is 2. The van der Waals surface area contributed by atoms with Crippen LogP contribution in [0, 0.1) is 0 Å². The molecule has 0 aliphatic heterocycles. The van der Waals surface area contributed by atoms with E-state index in [2.05, 4.69) is 0 Å². The summed E-state index contributed by atoms with van der Waals surface area (Å²) in [4.78, 5) is 18.8. The molecule has 2 atom stereocenters. The van der Waals surface area contributed by atoms with Crippen LogP contribution in [0.5, 0.6) is 11.5 Å². The Morgan fingerprint density at radius 3 is 2.05 bits per heavy atom. The first kappa shape index (κ1) is 16.5. The molecule has 118 valence electrons. The lowest BCUT2D eigenvalue weighted by molar-refractivity contribution is 0.152. The molecule has 2 rings (SSSR count). The second-order valence-electron chi connectivity index (χ2n) is 5.11. The number of hydrogen-bond acceptors (Lipinski definition) is 4. The molecule has 5 N–H and O–H groups in total. The molecule has 0 heterocycles. The Morgan fingerprint density at radius 2 is 1.50 bits per heavy atom. The van der Waals surface area contributed by atoms with Gasteiger partial charge in [0.25, 0.3) is 0 Å². The van der Waals surface area contributed by atoms with Crippen molar-refractivity contribution in [1.29, 1.82) is 0 Å². The Kier molecular flexibility index (Phi) is 4.58. The van der Waals surface area contributed by atoms with Crippen LogP contribution in [0.4, 0.5) is 0 Å². The molecule has 2 unspecified atom stereocenters. The van der Waals surface area contributed by atoms with Crippen molar-refractivity contribution in [2.24, 2.45) is 0 Å². The lowest BCUT2D eigenvalue weighted by atomic mass is 9.90. The van der Waals surface area contributed by atoms with Crippen molar-refractivity contribution in [2.75, 3.05) is 0 Å². The van der Waals surface area contributed by atoms with E-state index in [9.17, 15) is 29.7 Å². The number of aliphatic hydroxyl groups excluding tert-OH is 1. The quantitative estimate of drug-likeness (QED) is 0.547. The van der Waals surface area contributed by atoms with Crippen LogP contribution >= 0.6 is 7.60 Å². The minimum atomic E-state index is -4.64. The highest BCUT2D eigenvalue weighted by atomic mass is 31.2. The fraction of sp³-hybridized carbons (Fsp3) is 0.200. The molecule has 0 fully saturated rings. The molecule has 0 spiro atoms. The van der Waals surface area contributed by atoms with E-state index in [1.54, 1.807) is 19.1 Å². The second-order valence-corrected chi connectivity index (χ2v) is 6.68. The lowest BCUT2D eigenvalue weighted by Gasteiger charge is -2.22. The summed E-state index contributed by atoms with van der Waals surface area (Å²) in [5.41, 5.74) is 0.766. The number of aliphatic hydroxyl groups is 1. The molecule has 0 amide bonds. The van der Waals surface area contributed by atoms with Crippen LogP contribution in [0.2, 0.25) is 0 Å². The molecule has 0 saturated heterocycles. The zero-order chi connectivity index (χ0) is 16.5. The normalized spacial score (nSPS) is 14.5. The van der Waals surface area contributed by atoms with Gasteiger partial charge in [0.1, 0.15) is 11.5 Å². The summed E-state index contributed by atoms with van der Waals surface area (Å²) in [6.07, 6.45) is -1.17. The third-order valence-corrected chi connectivity index (χ3v) is 4.55. The van der Waals surface area contributed by atoms with Gasteiger partial charge in [0.2, 0.25) is 0 Å². The third-order valence-electron chi connectivity index (χ3n) is 3.54. The van der Waals surface area contributed by atoms with Gasteiger partial charge in [0.15, 0.2) is 0 Å². The number of aromatic hydroxyl groups is 2. The molecule has 0 saturated carbocycles. The van der Waals surface area contributed by atoms with Gasteiger partial charge in [0.05, 0.1) is 11.4 Å². The van der Waals surface area contributed by atoms with Gasteiger partial charge < -0.3 is 25.1 Å². The minimum Gasteiger partial charge on any atom is -0.508 e. The topological polar surface area (TPSA) is 118 Å². The molecule has 0 radical (unpaired) electrons. The molecule has 0 aliphatic carbocycles. The van der Waals surface area contributed by atoms with Gasteiger partial charge in [-0.2, -0.15) is 0 Å². The Morgan fingerprint density at radius 1 is 0.955 bits per heavy atom.